The maximum absolute atomic E-state index is 12.4. The number of benzene rings is 2. The van der Waals surface area contributed by atoms with E-state index in [0.717, 1.165) is 11.1 Å². The molecule has 2 aromatic rings. The Labute approximate surface area is 132 Å². The molecule has 1 atom stereocenters. The largest absolute Gasteiger partial charge is 0.438 e. The van der Waals surface area contributed by atoms with Crippen LogP contribution in [0.5, 0.6) is 5.75 Å². The lowest BCUT2D eigenvalue weighted by Gasteiger charge is -2.27. The van der Waals surface area contributed by atoms with Gasteiger partial charge >= 0.3 is 0 Å². The predicted molar refractivity (Wildman–Crippen MR) is 84.8 cm³/mol. The van der Waals surface area contributed by atoms with Crippen LogP contribution in [0.25, 0.3) is 6.08 Å². The van der Waals surface area contributed by atoms with Gasteiger partial charge in [0.1, 0.15) is 11.3 Å². The summed E-state index contributed by atoms with van der Waals surface area (Å²) in [7, 11) is 0. The number of carbonyl (C=O) groups excluding carboxylic acids is 1. The Morgan fingerprint density at radius 1 is 1.09 bits per heavy atom. The predicted octanol–water partition coefficient (Wildman–Crippen LogP) is 3.34. The third kappa shape index (κ3) is 2.09. The summed E-state index contributed by atoms with van der Waals surface area (Å²) in [5.41, 5.74) is 2.04. The fourth-order valence-electron chi connectivity index (χ4n) is 2.52. The summed E-state index contributed by atoms with van der Waals surface area (Å²) < 4.78 is 5.78. The van der Waals surface area contributed by atoms with Gasteiger partial charge in [-0.25, -0.2) is 4.99 Å². The van der Waals surface area contributed by atoms with Crippen molar-refractivity contribution < 1.29 is 9.53 Å². The molecule has 4 rings (SSSR count). The van der Waals surface area contributed by atoms with Crippen LogP contribution in [0, 0.1) is 0 Å². The molecule has 2 aliphatic rings. The Morgan fingerprint density at radius 2 is 1.86 bits per heavy atom. The smallest absolute Gasteiger partial charge is 0.258 e. The number of halogens is 1. The fraction of sp³-hybridized carbons (Fsp3) is 0.0588. The maximum atomic E-state index is 12.4. The molecule has 2 aliphatic heterocycles. The highest BCUT2D eigenvalue weighted by Gasteiger charge is 2.32. The second-order valence-electron chi connectivity index (χ2n) is 5.03. The van der Waals surface area contributed by atoms with Crippen LogP contribution in [0.3, 0.4) is 0 Å². The van der Waals surface area contributed by atoms with Gasteiger partial charge < -0.3 is 10.1 Å². The summed E-state index contributed by atoms with van der Waals surface area (Å²) >= 11 is 6.19. The first kappa shape index (κ1) is 13.1. The average molecular weight is 311 g/mol. The minimum atomic E-state index is -0.543. The standard InChI is InChI=1S/C17H11ClN2O2/c18-13-7-3-2-6-11(13)15-19-16(21)12-9-10-5-1-4-8-14(10)22-17(12)20-15/h1-9,15H,(H,19,21). The van der Waals surface area contributed by atoms with Gasteiger partial charge in [-0.05, 0) is 18.2 Å². The van der Waals surface area contributed by atoms with Gasteiger partial charge in [0.2, 0.25) is 5.90 Å². The van der Waals surface area contributed by atoms with Crippen LogP contribution >= 0.6 is 11.6 Å². The number of para-hydroxylation sites is 1. The van der Waals surface area contributed by atoms with Crippen molar-refractivity contribution in [3.63, 3.8) is 0 Å². The van der Waals surface area contributed by atoms with Crippen LogP contribution in [-0.2, 0) is 4.79 Å². The van der Waals surface area contributed by atoms with Crippen molar-refractivity contribution in [1.82, 2.24) is 5.32 Å². The number of amides is 1. The minimum Gasteiger partial charge on any atom is -0.438 e. The SMILES string of the molecule is O=C1NC(c2ccccc2Cl)N=C2Oc3ccccc3C=C12. The zero-order valence-electron chi connectivity index (χ0n) is 11.4. The molecule has 108 valence electrons. The first-order chi connectivity index (χ1) is 10.7. The van der Waals surface area contributed by atoms with Crippen molar-refractivity contribution in [2.45, 2.75) is 6.17 Å². The molecule has 22 heavy (non-hydrogen) atoms. The molecule has 0 spiro atoms. The first-order valence-electron chi connectivity index (χ1n) is 6.84. The molecule has 0 radical (unpaired) electrons. The quantitative estimate of drug-likeness (QED) is 0.878. The normalized spacial score (nSPS) is 19.1. The van der Waals surface area contributed by atoms with Gasteiger partial charge in [0, 0.05) is 16.1 Å². The van der Waals surface area contributed by atoms with Crippen molar-refractivity contribution in [3.8, 4) is 5.75 Å². The highest BCUT2D eigenvalue weighted by Crippen LogP contribution is 2.32. The molecule has 1 unspecified atom stereocenters. The number of nitrogens with zero attached hydrogens (tertiary/aromatic N) is 1. The lowest BCUT2D eigenvalue weighted by Crippen LogP contribution is -2.39. The molecule has 0 aromatic heterocycles. The zero-order valence-corrected chi connectivity index (χ0v) is 12.2. The molecule has 0 fully saturated rings. The minimum absolute atomic E-state index is 0.218. The topological polar surface area (TPSA) is 50.7 Å². The highest BCUT2D eigenvalue weighted by atomic mass is 35.5. The van der Waals surface area contributed by atoms with E-state index in [0.29, 0.717) is 22.2 Å². The number of nitrogens with one attached hydrogen (secondary N) is 1. The number of ether oxygens (including phenoxy) is 1. The Balaban J connectivity index is 1.79. The van der Waals surface area contributed by atoms with Crippen molar-refractivity contribution in [2.75, 3.05) is 0 Å². The van der Waals surface area contributed by atoms with E-state index in [4.69, 9.17) is 16.3 Å². The summed E-state index contributed by atoms with van der Waals surface area (Å²) in [6, 6.07) is 14.8. The second kappa shape index (κ2) is 5.00. The third-order valence-corrected chi connectivity index (χ3v) is 3.96. The number of hydrogen-bond acceptors (Lipinski definition) is 3. The molecule has 2 heterocycles. The number of fused-ring (bicyclic) bond motifs is 2. The van der Waals surface area contributed by atoms with Crippen LogP contribution in [0.1, 0.15) is 17.3 Å². The van der Waals surface area contributed by atoms with Crippen molar-refractivity contribution in [2.24, 2.45) is 4.99 Å². The highest BCUT2D eigenvalue weighted by molar-refractivity contribution is 6.31. The second-order valence-corrected chi connectivity index (χ2v) is 5.44. The van der Waals surface area contributed by atoms with Crippen LogP contribution < -0.4 is 10.1 Å². The Morgan fingerprint density at radius 3 is 2.73 bits per heavy atom. The molecule has 0 aliphatic carbocycles. The number of rotatable bonds is 1. The summed E-state index contributed by atoms with van der Waals surface area (Å²) in [6.07, 6.45) is 1.24. The van der Waals surface area contributed by atoms with E-state index in [9.17, 15) is 4.79 Å². The van der Waals surface area contributed by atoms with Gasteiger partial charge in [0.25, 0.3) is 5.91 Å². The van der Waals surface area contributed by atoms with Gasteiger partial charge in [-0.3, -0.25) is 4.79 Å². The van der Waals surface area contributed by atoms with E-state index < -0.39 is 6.17 Å². The molecule has 2 aromatic carbocycles. The number of aliphatic imine (C=N–C) groups is 1. The van der Waals surface area contributed by atoms with Crippen LogP contribution in [0.4, 0.5) is 0 Å². The number of hydrogen-bond donors (Lipinski definition) is 1. The maximum Gasteiger partial charge on any atom is 0.258 e. The molecule has 0 saturated heterocycles. The fourth-order valence-corrected chi connectivity index (χ4v) is 2.76. The zero-order chi connectivity index (χ0) is 15.1. The van der Waals surface area contributed by atoms with Crippen LogP contribution in [0.2, 0.25) is 5.02 Å². The van der Waals surface area contributed by atoms with Crippen LogP contribution in [-0.4, -0.2) is 11.8 Å². The summed E-state index contributed by atoms with van der Waals surface area (Å²) in [5, 5.41) is 3.40. The van der Waals surface area contributed by atoms with E-state index in [1.807, 2.05) is 42.5 Å². The molecule has 1 amide bonds. The first-order valence-corrected chi connectivity index (χ1v) is 7.22. The van der Waals surface area contributed by atoms with Gasteiger partial charge in [-0.1, -0.05) is 48.0 Å². The van der Waals surface area contributed by atoms with Gasteiger partial charge in [-0.2, -0.15) is 0 Å². The molecule has 5 heteroatoms. The monoisotopic (exact) mass is 310 g/mol. The lowest BCUT2D eigenvalue weighted by atomic mass is 10.0. The average Bonchev–Trinajstić information content (AvgIpc) is 2.53. The summed E-state index contributed by atoms with van der Waals surface area (Å²) in [5.74, 6) is 0.800. The molecule has 0 saturated carbocycles. The Hall–Kier alpha value is -2.59. The molecular weight excluding hydrogens is 300 g/mol. The summed E-state index contributed by atoms with van der Waals surface area (Å²) in [4.78, 5) is 16.8. The van der Waals surface area contributed by atoms with Crippen molar-refractivity contribution in [1.29, 1.82) is 0 Å². The Bertz CT molecular complexity index is 842. The van der Waals surface area contributed by atoms with Gasteiger partial charge in [-0.15, -0.1) is 0 Å². The van der Waals surface area contributed by atoms with Gasteiger partial charge in [0.15, 0.2) is 6.17 Å². The van der Waals surface area contributed by atoms with E-state index in [-0.39, 0.29) is 5.91 Å². The van der Waals surface area contributed by atoms with Crippen molar-refractivity contribution in [3.05, 3.63) is 70.3 Å². The molecule has 4 nitrogen and oxygen atoms in total. The molecule has 0 bridgehead atoms. The van der Waals surface area contributed by atoms with Crippen LogP contribution in [0.15, 0.2) is 59.1 Å². The lowest BCUT2D eigenvalue weighted by molar-refractivity contribution is -0.118. The Kier molecular flexibility index (Phi) is 2.98. The number of carbonyl (C=O) groups is 1. The van der Waals surface area contributed by atoms with E-state index in [2.05, 4.69) is 10.3 Å². The third-order valence-electron chi connectivity index (χ3n) is 3.61. The molecular formula is C17H11ClN2O2. The molecule has 1 N–H and O–H groups in total. The summed E-state index contributed by atoms with van der Waals surface area (Å²) in [6.45, 7) is 0. The van der Waals surface area contributed by atoms with E-state index in [1.54, 1.807) is 12.1 Å². The van der Waals surface area contributed by atoms with E-state index >= 15 is 0 Å². The van der Waals surface area contributed by atoms with E-state index in [1.165, 1.54) is 0 Å². The van der Waals surface area contributed by atoms with Gasteiger partial charge in [0.05, 0.1) is 0 Å². The van der Waals surface area contributed by atoms with Crippen molar-refractivity contribution >= 4 is 29.5 Å².